The molecule has 4 N–H and O–H groups in total. The standard InChI is InChI=1S/C16H19N3O/c1-11-3-5-12(6-4-11)10-19(2)13-7-8-15(17)14(9-13)16(18)20/h3-9H,10,17H2,1-2H3,(H2,18,20). The number of carbonyl (C=O) groups is 1. The van der Waals surface area contributed by atoms with Crippen molar-refractivity contribution >= 4 is 17.3 Å². The van der Waals surface area contributed by atoms with Crippen LogP contribution in [0.4, 0.5) is 11.4 Å². The van der Waals surface area contributed by atoms with Crippen molar-refractivity contribution in [3.8, 4) is 0 Å². The van der Waals surface area contributed by atoms with Crippen molar-refractivity contribution in [2.24, 2.45) is 5.73 Å². The second-order valence-corrected chi connectivity index (χ2v) is 4.98. The first kappa shape index (κ1) is 13.9. The minimum Gasteiger partial charge on any atom is -0.398 e. The smallest absolute Gasteiger partial charge is 0.250 e. The summed E-state index contributed by atoms with van der Waals surface area (Å²) >= 11 is 0. The molecule has 2 aromatic rings. The maximum atomic E-state index is 11.3. The largest absolute Gasteiger partial charge is 0.398 e. The van der Waals surface area contributed by atoms with Gasteiger partial charge in [0.25, 0.3) is 5.91 Å². The third-order valence-corrected chi connectivity index (χ3v) is 3.28. The molecule has 0 bridgehead atoms. The molecule has 2 rings (SSSR count). The Morgan fingerprint density at radius 2 is 1.80 bits per heavy atom. The zero-order valence-corrected chi connectivity index (χ0v) is 11.8. The molecule has 0 aliphatic rings. The van der Waals surface area contributed by atoms with Gasteiger partial charge in [-0.1, -0.05) is 29.8 Å². The van der Waals surface area contributed by atoms with Crippen molar-refractivity contribution in [3.05, 3.63) is 59.2 Å². The van der Waals surface area contributed by atoms with Gasteiger partial charge in [0, 0.05) is 25.0 Å². The molecule has 0 unspecified atom stereocenters. The summed E-state index contributed by atoms with van der Waals surface area (Å²) in [6, 6.07) is 13.7. The van der Waals surface area contributed by atoms with E-state index in [1.165, 1.54) is 11.1 Å². The summed E-state index contributed by atoms with van der Waals surface area (Å²) in [5.41, 5.74) is 15.2. The molecule has 4 nitrogen and oxygen atoms in total. The van der Waals surface area contributed by atoms with Gasteiger partial charge in [0.05, 0.1) is 5.56 Å². The average Bonchev–Trinajstić information content (AvgIpc) is 2.41. The summed E-state index contributed by atoms with van der Waals surface area (Å²) in [5, 5.41) is 0. The van der Waals surface area contributed by atoms with Crippen molar-refractivity contribution in [1.82, 2.24) is 0 Å². The fourth-order valence-electron chi connectivity index (χ4n) is 2.05. The molecular formula is C16H19N3O. The normalized spacial score (nSPS) is 10.3. The van der Waals surface area contributed by atoms with E-state index in [0.717, 1.165) is 12.2 Å². The number of nitrogens with two attached hydrogens (primary N) is 2. The molecule has 104 valence electrons. The number of carbonyl (C=O) groups excluding carboxylic acids is 1. The zero-order chi connectivity index (χ0) is 14.7. The summed E-state index contributed by atoms with van der Waals surface area (Å²) in [5.74, 6) is -0.506. The quantitative estimate of drug-likeness (QED) is 0.837. The molecule has 1 amide bonds. The van der Waals surface area contributed by atoms with E-state index >= 15 is 0 Å². The molecule has 20 heavy (non-hydrogen) atoms. The number of hydrogen-bond acceptors (Lipinski definition) is 3. The highest BCUT2D eigenvalue weighted by atomic mass is 16.1. The number of nitrogens with zero attached hydrogens (tertiary/aromatic N) is 1. The summed E-state index contributed by atoms with van der Waals surface area (Å²) < 4.78 is 0. The first-order valence-electron chi connectivity index (χ1n) is 6.43. The van der Waals surface area contributed by atoms with Crippen molar-refractivity contribution in [2.45, 2.75) is 13.5 Å². The number of aryl methyl sites for hydroxylation is 1. The first-order valence-corrected chi connectivity index (χ1v) is 6.43. The highest BCUT2D eigenvalue weighted by Crippen LogP contribution is 2.21. The van der Waals surface area contributed by atoms with Crippen LogP contribution >= 0.6 is 0 Å². The molecule has 0 aliphatic heterocycles. The van der Waals surface area contributed by atoms with Gasteiger partial charge in [-0.25, -0.2) is 0 Å². The van der Waals surface area contributed by atoms with Crippen molar-refractivity contribution in [3.63, 3.8) is 0 Å². The second-order valence-electron chi connectivity index (χ2n) is 4.98. The van der Waals surface area contributed by atoms with Crippen LogP contribution in [-0.2, 0) is 6.54 Å². The number of benzene rings is 2. The lowest BCUT2D eigenvalue weighted by molar-refractivity contribution is 0.100. The molecule has 0 spiro atoms. The van der Waals surface area contributed by atoms with Crippen molar-refractivity contribution in [1.29, 1.82) is 0 Å². The molecule has 0 heterocycles. The van der Waals surface area contributed by atoms with Gasteiger partial charge in [-0.2, -0.15) is 0 Å². The molecular weight excluding hydrogens is 250 g/mol. The highest BCUT2D eigenvalue weighted by molar-refractivity contribution is 5.99. The lowest BCUT2D eigenvalue weighted by atomic mass is 10.1. The van der Waals surface area contributed by atoms with Crippen LogP contribution in [0.5, 0.6) is 0 Å². The Labute approximate surface area is 119 Å². The molecule has 2 aromatic carbocycles. The molecule has 0 atom stereocenters. The molecule has 0 radical (unpaired) electrons. The molecule has 0 aromatic heterocycles. The zero-order valence-electron chi connectivity index (χ0n) is 11.8. The van der Waals surface area contributed by atoms with Crippen LogP contribution in [0.3, 0.4) is 0 Å². The van der Waals surface area contributed by atoms with Gasteiger partial charge in [0.1, 0.15) is 0 Å². The number of rotatable bonds is 4. The lowest BCUT2D eigenvalue weighted by Crippen LogP contribution is -2.19. The summed E-state index contributed by atoms with van der Waals surface area (Å²) in [4.78, 5) is 13.4. The molecule has 4 heteroatoms. The van der Waals surface area contributed by atoms with E-state index in [1.54, 1.807) is 12.1 Å². The topological polar surface area (TPSA) is 72.3 Å². The summed E-state index contributed by atoms with van der Waals surface area (Å²) in [7, 11) is 1.97. The predicted molar refractivity (Wildman–Crippen MR) is 82.7 cm³/mol. The fraction of sp³-hybridized carbons (Fsp3) is 0.188. The highest BCUT2D eigenvalue weighted by Gasteiger charge is 2.09. The first-order chi connectivity index (χ1) is 9.47. The monoisotopic (exact) mass is 269 g/mol. The number of hydrogen-bond donors (Lipinski definition) is 2. The predicted octanol–water partition coefficient (Wildman–Crippen LogP) is 2.31. The Kier molecular flexibility index (Phi) is 3.94. The Morgan fingerprint density at radius 3 is 2.40 bits per heavy atom. The van der Waals surface area contributed by atoms with Gasteiger partial charge in [-0.05, 0) is 30.7 Å². The fourth-order valence-corrected chi connectivity index (χ4v) is 2.05. The Bertz CT molecular complexity index is 620. The van der Waals surface area contributed by atoms with Gasteiger partial charge >= 0.3 is 0 Å². The van der Waals surface area contributed by atoms with E-state index in [0.29, 0.717) is 11.3 Å². The van der Waals surface area contributed by atoms with E-state index in [4.69, 9.17) is 11.5 Å². The van der Waals surface area contributed by atoms with Gasteiger partial charge in [0.15, 0.2) is 0 Å². The molecule has 0 saturated carbocycles. The van der Waals surface area contributed by atoms with Gasteiger partial charge in [-0.15, -0.1) is 0 Å². The van der Waals surface area contributed by atoms with Crippen LogP contribution in [0.2, 0.25) is 0 Å². The Morgan fingerprint density at radius 1 is 1.15 bits per heavy atom. The average molecular weight is 269 g/mol. The maximum absolute atomic E-state index is 11.3. The van der Waals surface area contributed by atoms with Crippen LogP contribution in [-0.4, -0.2) is 13.0 Å². The molecule has 0 saturated heterocycles. The minimum atomic E-state index is -0.506. The van der Waals surface area contributed by atoms with Crippen LogP contribution in [0.25, 0.3) is 0 Å². The van der Waals surface area contributed by atoms with Gasteiger partial charge in [0.2, 0.25) is 0 Å². The van der Waals surface area contributed by atoms with Gasteiger partial charge in [-0.3, -0.25) is 4.79 Å². The minimum absolute atomic E-state index is 0.359. The van der Waals surface area contributed by atoms with E-state index in [-0.39, 0.29) is 0 Å². The Balaban J connectivity index is 2.20. The molecule has 0 aliphatic carbocycles. The number of amides is 1. The lowest BCUT2D eigenvalue weighted by Gasteiger charge is -2.20. The number of primary amides is 1. The van der Waals surface area contributed by atoms with E-state index in [2.05, 4.69) is 36.1 Å². The summed E-state index contributed by atoms with van der Waals surface area (Å²) in [6.07, 6.45) is 0. The van der Waals surface area contributed by atoms with E-state index in [1.807, 2.05) is 13.1 Å². The molecule has 0 fully saturated rings. The maximum Gasteiger partial charge on any atom is 0.250 e. The third kappa shape index (κ3) is 3.09. The van der Waals surface area contributed by atoms with Gasteiger partial charge < -0.3 is 16.4 Å². The van der Waals surface area contributed by atoms with Crippen molar-refractivity contribution < 1.29 is 4.79 Å². The van der Waals surface area contributed by atoms with E-state index < -0.39 is 5.91 Å². The number of anilines is 2. The third-order valence-electron chi connectivity index (χ3n) is 3.28. The van der Waals surface area contributed by atoms with Crippen LogP contribution in [0.15, 0.2) is 42.5 Å². The Hall–Kier alpha value is -2.49. The van der Waals surface area contributed by atoms with Crippen LogP contribution < -0.4 is 16.4 Å². The SMILES string of the molecule is Cc1ccc(CN(C)c2ccc(N)c(C(N)=O)c2)cc1. The summed E-state index contributed by atoms with van der Waals surface area (Å²) in [6.45, 7) is 2.81. The van der Waals surface area contributed by atoms with E-state index in [9.17, 15) is 4.79 Å². The number of nitrogen functional groups attached to an aromatic ring is 1. The van der Waals surface area contributed by atoms with Crippen LogP contribution in [0, 0.1) is 6.92 Å². The second kappa shape index (κ2) is 5.65. The van der Waals surface area contributed by atoms with Crippen LogP contribution in [0.1, 0.15) is 21.5 Å². The van der Waals surface area contributed by atoms with Crippen molar-refractivity contribution in [2.75, 3.05) is 17.7 Å².